The number of anilines is 1. The second-order valence-electron chi connectivity index (χ2n) is 6.85. The van der Waals surface area contributed by atoms with Crippen molar-refractivity contribution < 1.29 is 14.3 Å². The number of rotatable bonds is 9. The number of methoxy groups -OCH3 is 2. The quantitative estimate of drug-likeness (QED) is 0.293. The van der Waals surface area contributed by atoms with Gasteiger partial charge in [-0.1, -0.05) is 35.5 Å². The van der Waals surface area contributed by atoms with Gasteiger partial charge >= 0.3 is 0 Å². The van der Waals surface area contributed by atoms with Crippen LogP contribution in [0.3, 0.4) is 0 Å². The normalized spacial score (nSPS) is 11.0. The molecule has 0 saturated carbocycles. The standard InChI is InChI=1S/C22H24ClN3O4S/c1-14-11-18(19(30-3)12-16(14)23)24-20(27)13-31-22-25-17-8-5-4-7-15(17)21(28)26(22)9-6-10-29-2/h4-5,7-8,11-12H,6,9-10,13H2,1-3H3,(H,24,27). The van der Waals surface area contributed by atoms with E-state index in [0.29, 0.717) is 52.1 Å². The molecule has 31 heavy (non-hydrogen) atoms. The number of carbonyl (C=O) groups is 1. The van der Waals surface area contributed by atoms with Crippen LogP contribution in [-0.2, 0) is 16.1 Å². The minimum Gasteiger partial charge on any atom is -0.495 e. The van der Waals surface area contributed by atoms with Gasteiger partial charge in [0.1, 0.15) is 5.75 Å². The van der Waals surface area contributed by atoms with Crippen LogP contribution in [0.1, 0.15) is 12.0 Å². The van der Waals surface area contributed by atoms with E-state index in [1.807, 2.05) is 19.1 Å². The Balaban J connectivity index is 1.81. The van der Waals surface area contributed by atoms with Gasteiger partial charge in [0.25, 0.3) is 5.56 Å². The maximum Gasteiger partial charge on any atom is 0.262 e. The molecule has 0 spiro atoms. The fourth-order valence-electron chi connectivity index (χ4n) is 3.07. The summed E-state index contributed by atoms with van der Waals surface area (Å²) in [6.45, 7) is 2.84. The molecule has 0 radical (unpaired) electrons. The Morgan fingerprint density at radius 1 is 1.26 bits per heavy atom. The summed E-state index contributed by atoms with van der Waals surface area (Å²) in [5.74, 6) is 0.324. The fourth-order valence-corrected chi connectivity index (χ4v) is 4.05. The molecule has 0 bridgehead atoms. The average Bonchev–Trinajstić information content (AvgIpc) is 2.76. The Morgan fingerprint density at radius 3 is 2.77 bits per heavy atom. The molecule has 0 aliphatic heterocycles. The molecule has 0 saturated heterocycles. The minimum absolute atomic E-state index is 0.0832. The van der Waals surface area contributed by atoms with E-state index < -0.39 is 0 Å². The molecule has 7 nitrogen and oxygen atoms in total. The second kappa shape index (κ2) is 10.7. The Kier molecular flexibility index (Phi) is 7.95. The number of nitrogens with zero attached hydrogens (tertiary/aromatic N) is 2. The summed E-state index contributed by atoms with van der Waals surface area (Å²) in [7, 11) is 3.14. The van der Waals surface area contributed by atoms with E-state index in [9.17, 15) is 9.59 Å². The minimum atomic E-state index is -0.240. The molecule has 0 aliphatic carbocycles. The first-order valence-electron chi connectivity index (χ1n) is 9.70. The molecule has 164 valence electrons. The summed E-state index contributed by atoms with van der Waals surface area (Å²) >= 11 is 7.34. The number of hydrogen-bond donors (Lipinski definition) is 1. The van der Waals surface area contributed by atoms with Gasteiger partial charge in [0, 0.05) is 31.4 Å². The van der Waals surface area contributed by atoms with Gasteiger partial charge in [-0.2, -0.15) is 0 Å². The summed E-state index contributed by atoms with van der Waals surface area (Å²) in [5.41, 5.74) is 1.85. The molecule has 9 heteroatoms. The lowest BCUT2D eigenvalue weighted by Crippen LogP contribution is -2.25. The van der Waals surface area contributed by atoms with Gasteiger partial charge in [0.15, 0.2) is 5.16 Å². The molecule has 1 N–H and O–H groups in total. The third-order valence-electron chi connectivity index (χ3n) is 4.64. The van der Waals surface area contributed by atoms with Crippen LogP contribution < -0.4 is 15.6 Å². The summed E-state index contributed by atoms with van der Waals surface area (Å²) in [6.07, 6.45) is 0.664. The van der Waals surface area contributed by atoms with Gasteiger partial charge in [-0.15, -0.1) is 0 Å². The third-order valence-corrected chi connectivity index (χ3v) is 6.03. The molecule has 0 fully saturated rings. The molecule has 0 unspecified atom stereocenters. The van der Waals surface area contributed by atoms with E-state index in [-0.39, 0.29) is 17.2 Å². The van der Waals surface area contributed by atoms with Crippen molar-refractivity contribution >= 4 is 45.9 Å². The number of thioether (sulfide) groups is 1. The first-order valence-corrected chi connectivity index (χ1v) is 11.1. The van der Waals surface area contributed by atoms with E-state index in [1.165, 1.54) is 18.9 Å². The smallest absolute Gasteiger partial charge is 0.262 e. The monoisotopic (exact) mass is 461 g/mol. The predicted molar refractivity (Wildman–Crippen MR) is 125 cm³/mol. The highest BCUT2D eigenvalue weighted by Gasteiger charge is 2.15. The van der Waals surface area contributed by atoms with Crippen LogP contribution >= 0.6 is 23.4 Å². The van der Waals surface area contributed by atoms with Crippen molar-refractivity contribution in [3.8, 4) is 5.75 Å². The molecule has 2 aromatic carbocycles. The zero-order valence-corrected chi connectivity index (χ0v) is 19.2. The molecule has 0 atom stereocenters. The Hall–Kier alpha value is -2.55. The topological polar surface area (TPSA) is 82.4 Å². The predicted octanol–water partition coefficient (Wildman–Crippen LogP) is 4.13. The van der Waals surface area contributed by atoms with Gasteiger partial charge in [-0.3, -0.25) is 14.2 Å². The maximum atomic E-state index is 13.0. The number of ether oxygens (including phenoxy) is 2. The molecular formula is C22H24ClN3O4S. The zero-order chi connectivity index (χ0) is 22.4. The SMILES string of the molecule is COCCCn1c(SCC(=O)Nc2cc(C)c(Cl)cc2OC)nc2ccccc2c1=O. The first kappa shape index (κ1) is 23.1. The molecule has 3 aromatic rings. The van der Waals surface area contributed by atoms with Crippen molar-refractivity contribution in [1.29, 1.82) is 0 Å². The first-order chi connectivity index (χ1) is 14.9. The summed E-state index contributed by atoms with van der Waals surface area (Å²) in [5, 5.41) is 4.45. The van der Waals surface area contributed by atoms with Crippen molar-refractivity contribution in [3.63, 3.8) is 0 Å². The summed E-state index contributed by atoms with van der Waals surface area (Å²) in [4.78, 5) is 30.2. The van der Waals surface area contributed by atoms with Gasteiger partial charge in [-0.25, -0.2) is 4.98 Å². The number of nitrogens with one attached hydrogen (secondary N) is 1. The number of halogens is 1. The second-order valence-corrected chi connectivity index (χ2v) is 8.20. The lowest BCUT2D eigenvalue weighted by molar-refractivity contribution is -0.113. The number of carbonyl (C=O) groups excluding carboxylic acids is 1. The number of aryl methyl sites for hydroxylation is 1. The largest absolute Gasteiger partial charge is 0.495 e. The number of benzene rings is 2. The highest BCUT2D eigenvalue weighted by molar-refractivity contribution is 7.99. The van der Waals surface area contributed by atoms with Crippen LogP contribution in [0.2, 0.25) is 5.02 Å². The van der Waals surface area contributed by atoms with Crippen LogP contribution in [0.5, 0.6) is 5.75 Å². The van der Waals surface area contributed by atoms with E-state index in [1.54, 1.807) is 35.9 Å². The fraction of sp³-hybridized carbons (Fsp3) is 0.318. The average molecular weight is 462 g/mol. The van der Waals surface area contributed by atoms with Crippen molar-refractivity contribution in [2.24, 2.45) is 0 Å². The van der Waals surface area contributed by atoms with Crippen LogP contribution in [0.15, 0.2) is 46.3 Å². The number of fused-ring (bicyclic) bond motifs is 1. The summed E-state index contributed by atoms with van der Waals surface area (Å²) in [6, 6.07) is 10.6. The van der Waals surface area contributed by atoms with E-state index in [0.717, 1.165) is 5.56 Å². The highest BCUT2D eigenvalue weighted by atomic mass is 35.5. The third kappa shape index (κ3) is 5.58. The van der Waals surface area contributed by atoms with Crippen LogP contribution in [0, 0.1) is 6.92 Å². The lowest BCUT2D eigenvalue weighted by atomic mass is 10.2. The Bertz CT molecular complexity index is 1150. The van der Waals surface area contributed by atoms with Gasteiger partial charge in [0.05, 0.1) is 29.5 Å². The van der Waals surface area contributed by atoms with E-state index in [2.05, 4.69) is 10.3 Å². The zero-order valence-electron chi connectivity index (χ0n) is 17.6. The number of aromatic nitrogens is 2. The Labute approximate surface area is 189 Å². The molecule has 1 amide bonds. The number of para-hydroxylation sites is 1. The highest BCUT2D eigenvalue weighted by Crippen LogP contribution is 2.31. The van der Waals surface area contributed by atoms with Gasteiger partial charge < -0.3 is 14.8 Å². The number of hydrogen-bond acceptors (Lipinski definition) is 6. The molecule has 1 aromatic heterocycles. The van der Waals surface area contributed by atoms with Crippen LogP contribution in [-0.4, -0.2) is 42.0 Å². The van der Waals surface area contributed by atoms with E-state index >= 15 is 0 Å². The lowest BCUT2D eigenvalue weighted by Gasteiger charge is -2.14. The van der Waals surface area contributed by atoms with Crippen molar-refractivity contribution in [2.45, 2.75) is 25.0 Å². The van der Waals surface area contributed by atoms with E-state index in [4.69, 9.17) is 21.1 Å². The molecular weight excluding hydrogens is 438 g/mol. The molecule has 3 rings (SSSR count). The number of amides is 1. The summed E-state index contributed by atoms with van der Waals surface area (Å²) < 4.78 is 12.0. The van der Waals surface area contributed by atoms with Gasteiger partial charge in [-0.05, 0) is 37.1 Å². The van der Waals surface area contributed by atoms with Crippen molar-refractivity contribution in [1.82, 2.24) is 9.55 Å². The van der Waals surface area contributed by atoms with Crippen molar-refractivity contribution in [2.75, 3.05) is 31.9 Å². The maximum absolute atomic E-state index is 13.0. The van der Waals surface area contributed by atoms with Crippen LogP contribution in [0.4, 0.5) is 5.69 Å². The molecule has 1 heterocycles. The Morgan fingerprint density at radius 2 is 2.03 bits per heavy atom. The van der Waals surface area contributed by atoms with Crippen LogP contribution in [0.25, 0.3) is 10.9 Å². The van der Waals surface area contributed by atoms with Gasteiger partial charge in [0.2, 0.25) is 5.91 Å². The molecule has 0 aliphatic rings. The van der Waals surface area contributed by atoms with Crippen molar-refractivity contribution in [3.05, 3.63) is 57.3 Å².